The van der Waals surface area contributed by atoms with Gasteiger partial charge < -0.3 is 9.80 Å². The molecule has 1 aliphatic rings. The van der Waals surface area contributed by atoms with Crippen LogP contribution in [0.25, 0.3) is 0 Å². The average Bonchev–Trinajstić information content (AvgIpc) is 2.30. The molecule has 5 nitrogen and oxygen atoms in total. The second kappa shape index (κ2) is 4.25. The standard InChI is InChI=1S/C10H14N4O/c1-9-6-11-10(12-7-9)14-4-2-13(8-15)3-5-14/h6-8H,2-5H2,1H3. The maximum Gasteiger partial charge on any atom is 0.225 e. The van der Waals surface area contributed by atoms with Crippen molar-refractivity contribution in [1.82, 2.24) is 14.9 Å². The van der Waals surface area contributed by atoms with Crippen molar-refractivity contribution in [1.29, 1.82) is 0 Å². The van der Waals surface area contributed by atoms with Crippen LogP contribution in [0, 0.1) is 6.92 Å². The number of carbonyl (C=O) groups is 1. The average molecular weight is 206 g/mol. The third-order valence-electron chi connectivity index (χ3n) is 2.51. The van der Waals surface area contributed by atoms with E-state index in [1.54, 1.807) is 4.90 Å². The van der Waals surface area contributed by atoms with E-state index in [0.717, 1.165) is 44.1 Å². The van der Waals surface area contributed by atoms with Gasteiger partial charge in [0, 0.05) is 38.6 Å². The second-order valence-electron chi connectivity index (χ2n) is 3.69. The monoisotopic (exact) mass is 206 g/mol. The fourth-order valence-corrected chi connectivity index (χ4v) is 1.58. The minimum absolute atomic E-state index is 0.751. The van der Waals surface area contributed by atoms with Gasteiger partial charge in [0.15, 0.2) is 0 Å². The second-order valence-corrected chi connectivity index (χ2v) is 3.69. The molecule has 15 heavy (non-hydrogen) atoms. The summed E-state index contributed by atoms with van der Waals surface area (Å²) in [6.45, 7) is 5.08. The molecule has 2 heterocycles. The fraction of sp³-hybridized carbons (Fsp3) is 0.500. The van der Waals surface area contributed by atoms with Crippen LogP contribution >= 0.6 is 0 Å². The Morgan fingerprint density at radius 3 is 2.33 bits per heavy atom. The number of hydrogen-bond donors (Lipinski definition) is 0. The smallest absolute Gasteiger partial charge is 0.225 e. The van der Waals surface area contributed by atoms with Gasteiger partial charge in [-0.25, -0.2) is 9.97 Å². The zero-order chi connectivity index (χ0) is 10.7. The summed E-state index contributed by atoms with van der Waals surface area (Å²) in [7, 11) is 0. The molecule has 0 radical (unpaired) electrons. The molecule has 0 bridgehead atoms. The van der Waals surface area contributed by atoms with E-state index >= 15 is 0 Å². The summed E-state index contributed by atoms with van der Waals surface area (Å²) >= 11 is 0. The van der Waals surface area contributed by atoms with Crippen molar-refractivity contribution < 1.29 is 4.79 Å². The van der Waals surface area contributed by atoms with Crippen molar-refractivity contribution in [2.45, 2.75) is 6.92 Å². The zero-order valence-electron chi connectivity index (χ0n) is 8.76. The molecule has 1 fully saturated rings. The van der Waals surface area contributed by atoms with E-state index in [0.29, 0.717) is 0 Å². The molecule has 0 saturated carbocycles. The highest BCUT2D eigenvalue weighted by Gasteiger charge is 2.16. The lowest BCUT2D eigenvalue weighted by Crippen LogP contribution is -2.46. The number of aromatic nitrogens is 2. The lowest BCUT2D eigenvalue weighted by Gasteiger charge is -2.32. The van der Waals surface area contributed by atoms with Crippen LogP contribution in [0.1, 0.15) is 5.56 Å². The van der Waals surface area contributed by atoms with Gasteiger partial charge in [0.05, 0.1) is 0 Å². The van der Waals surface area contributed by atoms with Gasteiger partial charge in [-0.15, -0.1) is 0 Å². The van der Waals surface area contributed by atoms with E-state index < -0.39 is 0 Å². The van der Waals surface area contributed by atoms with Crippen LogP contribution in [0.15, 0.2) is 12.4 Å². The van der Waals surface area contributed by atoms with Gasteiger partial charge in [-0.1, -0.05) is 0 Å². The van der Waals surface area contributed by atoms with E-state index in [1.165, 1.54) is 0 Å². The molecule has 1 amide bonds. The Balaban J connectivity index is 2.01. The van der Waals surface area contributed by atoms with Crippen LogP contribution in [-0.4, -0.2) is 47.5 Å². The molecule has 1 saturated heterocycles. The Morgan fingerprint density at radius 2 is 1.80 bits per heavy atom. The highest BCUT2D eigenvalue weighted by molar-refractivity contribution is 5.48. The first kappa shape index (κ1) is 9.89. The van der Waals surface area contributed by atoms with Crippen LogP contribution in [0.3, 0.4) is 0 Å². The topological polar surface area (TPSA) is 49.3 Å². The predicted octanol–water partition coefficient (Wildman–Crippen LogP) is 0.0634. The van der Waals surface area contributed by atoms with E-state index in [9.17, 15) is 4.79 Å². The normalized spacial score (nSPS) is 16.6. The molecular weight excluding hydrogens is 192 g/mol. The summed E-state index contributed by atoms with van der Waals surface area (Å²) in [5.41, 5.74) is 1.06. The summed E-state index contributed by atoms with van der Waals surface area (Å²) in [6.07, 6.45) is 4.52. The highest BCUT2D eigenvalue weighted by atomic mass is 16.1. The third kappa shape index (κ3) is 2.23. The first-order valence-electron chi connectivity index (χ1n) is 5.02. The van der Waals surface area contributed by atoms with Crippen molar-refractivity contribution in [3.63, 3.8) is 0 Å². The SMILES string of the molecule is Cc1cnc(N2CCN(C=O)CC2)nc1. The largest absolute Gasteiger partial charge is 0.342 e. The molecule has 0 atom stereocenters. The number of aryl methyl sites for hydroxylation is 1. The van der Waals surface area contributed by atoms with Gasteiger partial charge in [0.2, 0.25) is 12.4 Å². The lowest BCUT2D eigenvalue weighted by molar-refractivity contribution is -0.118. The van der Waals surface area contributed by atoms with Crippen LogP contribution in [-0.2, 0) is 4.79 Å². The first-order valence-corrected chi connectivity index (χ1v) is 5.02. The summed E-state index contributed by atoms with van der Waals surface area (Å²) in [6, 6.07) is 0. The Bertz CT molecular complexity index is 330. The van der Waals surface area contributed by atoms with Gasteiger partial charge >= 0.3 is 0 Å². The molecule has 0 spiro atoms. The number of nitrogens with zero attached hydrogens (tertiary/aromatic N) is 4. The van der Waals surface area contributed by atoms with Crippen LogP contribution in [0.4, 0.5) is 5.95 Å². The van der Waals surface area contributed by atoms with Crippen molar-refractivity contribution in [3.05, 3.63) is 18.0 Å². The Kier molecular flexibility index (Phi) is 2.80. The van der Waals surface area contributed by atoms with Crippen LogP contribution in [0.5, 0.6) is 0 Å². The number of anilines is 1. The minimum atomic E-state index is 0.751. The summed E-state index contributed by atoms with van der Waals surface area (Å²) in [5, 5.41) is 0. The van der Waals surface area contributed by atoms with Crippen molar-refractivity contribution >= 4 is 12.4 Å². The summed E-state index contributed by atoms with van der Waals surface area (Å²) in [5.74, 6) is 0.756. The molecule has 1 aromatic rings. The predicted molar refractivity (Wildman–Crippen MR) is 56.6 cm³/mol. The number of amides is 1. The van der Waals surface area contributed by atoms with Gasteiger partial charge in [-0.2, -0.15) is 0 Å². The molecule has 80 valence electrons. The van der Waals surface area contributed by atoms with Crippen molar-refractivity contribution in [2.24, 2.45) is 0 Å². The Hall–Kier alpha value is -1.65. The van der Waals surface area contributed by atoms with Gasteiger partial charge in [-0.05, 0) is 12.5 Å². The highest BCUT2D eigenvalue weighted by Crippen LogP contribution is 2.09. The molecule has 1 aliphatic heterocycles. The van der Waals surface area contributed by atoms with Crippen LogP contribution < -0.4 is 4.90 Å². The van der Waals surface area contributed by atoms with Gasteiger partial charge in [0.1, 0.15) is 0 Å². The van der Waals surface area contributed by atoms with E-state index in [-0.39, 0.29) is 0 Å². The molecule has 0 N–H and O–H groups in total. The molecule has 0 aliphatic carbocycles. The molecule has 1 aromatic heterocycles. The van der Waals surface area contributed by atoms with Gasteiger partial charge in [-0.3, -0.25) is 4.79 Å². The first-order chi connectivity index (χ1) is 7.29. The fourth-order valence-electron chi connectivity index (χ4n) is 1.58. The van der Waals surface area contributed by atoms with E-state index in [2.05, 4.69) is 14.9 Å². The molecular formula is C10H14N4O. The summed E-state index contributed by atoms with van der Waals surface area (Å²) < 4.78 is 0. The number of carbonyl (C=O) groups excluding carboxylic acids is 1. The maximum atomic E-state index is 10.5. The zero-order valence-corrected chi connectivity index (χ0v) is 8.76. The number of rotatable bonds is 2. The van der Waals surface area contributed by atoms with Crippen molar-refractivity contribution in [3.8, 4) is 0 Å². The van der Waals surface area contributed by atoms with E-state index in [1.807, 2.05) is 19.3 Å². The Morgan fingerprint density at radius 1 is 1.20 bits per heavy atom. The van der Waals surface area contributed by atoms with Crippen molar-refractivity contribution in [2.75, 3.05) is 31.1 Å². The number of hydrogen-bond acceptors (Lipinski definition) is 4. The molecule has 2 rings (SSSR count). The summed E-state index contributed by atoms with van der Waals surface area (Å²) in [4.78, 5) is 22.9. The maximum absolute atomic E-state index is 10.5. The number of piperazine rings is 1. The Labute approximate surface area is 88.7 Å². The van der Waals surface area contributed by atoms with Crippen LogP contribution in [0.2, 0.25) is 0 Å². The lowest BCUT2D eigenvalue weighted by atomic mass is 10.3. The molecule has 0 unspecified atom stereocenters. The van der Waals surface area contributed by atoms with Gasteiger partial charge in [0.25, 0.3) is 0 Å². The molecule has 5 heteroatoms. The minimum Gasteiger partial charge on any atom is -0.342 e. The van der Waals surface area contributed by atoms with E-state index in [4.69, 9.17) is 0 Å². The molecule has 0 aromatic carbocycles. The quantitative estimate of drug-likeness (QED) is 0.642. The third-order valence-corrected chi connectivity index (χ3v) is 2.51.